The molecular formula is C17H17NO2. The van der Waals surface area contributed by atoms with Crippen LogP contribution in [0.15, 0.2) is 30.4 Å². The van der Waals surface area contributed by atoms with E-state index >= 15 is 0 Å². The number of aryl methyl sites for hydroxylation is 2. The molecule has 3 heteroatoms. The molecule has 2 aliphatic carbocycles. The number of anilines is 1. The van der Waals surface area contributed by atoms with Crippen LogP contribution in [0.1, 0.15) is 17.5 Å². The van der Waals surface area contributed by atoms with E-state index in [4.69, 9.17) is 0 Å². The minimum Gasteiger partial charge on any atom is -0.274 e. The number of carbonyl (C=O) groups excluding carboxylic acids is 2. The smallest absolute Gasteiger partial charge is 0.238 e. The minimum atomic E-state index is -0.114. The van der Waals surface area contributed by atoms with Gasteiger partial charge in [-0.05, 0) is 49.3 Å². The third-order valence-electron chi connectivity index (χ3n) is 5.08. The number of carbonyl (C=O) groups is 2. The van der Waals surface area contributed by atoms with Crippen molar-refractivity contribution in [2.24, 2.45) is 23.7 Å². The summed E-state index contributed by atoms with van der Waals surface area (Å²) >= 11 is 0. The molecule has 4 rings (SSSR count). The van der Waals surface area contributed by atoms with Crippen LogP contribution in [0.3, 0.4) is 0 Å². The van der Waals surface area contributed by atoms with Crippen molar-refractivity contribution in [3.05, 3.63) is 41.5 Å². The Kier molecular flexibility index (Phi) is 2.27. The van der Waals surface area contributed by atoms with Crippen molar-refractivity contribution in [3.8, 4) is 0 Å². The summed E-state index contributed by atoms with van der Waals surface area (Å²) in [7, 11) is 0. The maximum atomic E-state index is 12.7. The van der Waals surface area contributed by atoms with E-state index in [1.165, 1.54) is 4.90 Å². The van der Waals surface area contributed by atoms with Gasteiger partial charge >= 0.3 is 0 Å². The Balaban J connectivity index is 1.80. The van der Waals surface area contributed by atoms with Crippen molar-refractivity contribution in [2.75, 3.05) is 4.90 Å². The van der Waals surface area contributed by atoms with Gasteiger partial charge in [-0.1, -0.05) is 24.3 Å². The molecule has 1 aliphatic heterocycles. The zero-order valence-electron chi connectivity index (χ0n) is 11.7. The molecule has 4 atom stereocenters. The number of fused-ring (bicyclic) bond motifs is 5. The summed E-state index contributed by atoms with van der Waals surface area (Å²) in [5, 5.41) is 0. The number of benzene rings is 1. The number of imide groups is 1. The van der Waals surface area contributed by atoms with E-state index in [0.717, 1.165) is 23.2 Å². The average molecular weight is 267 g/mol. The lowest BCUT2D eigenvalue weighted by Crippen LogP contribution is -2.33. The lowest BCUT2D eigenvalue weighted by molar-refractivity contribution is -0.123. The second-order valence-electron chi connectivity index (χ2n) is 6.30. The van der Waals surface area contributed by atoms with E-state index in [-0.39, 0.29) is 35.5 Å². The molecule has 1 aromatic carbocycles. The predicted molar refractivity (Wildman–Crippen MR) is 76.1 cm³/mol. The van der Waals surface area contributed by atoms with Crippen molar-refractivity contribution >= 4 is 17.5 Å². The molecule has 1 saturated heterocycles. The number of nitrogens with zero attached hydrogens (tertiary/aromatic N) is 1. The van der Waals surface area contributed by atoms with Crippen LogP contribution < -0.4 is 4.90 Å². The molecule has 0 N–H and O–H groups in total. The zero-order valence-corrected chi connectivity index (χ0v) is 11.7. The monoisotopic (exact) mass is 267 g/mol. The third kappa shape index (κ3) is 1.35. The van der Waals surface area contributed by atoms with Crippen molar-refractivity contribution in [1.29, 1.82) is 0 Å². The second-order valence-corrected chi connectivity index (χ2v) is 6.30. The van der Waals surface area contributed by atoms with Crippen molar-refractivity contribution in [2.45, 2.75) is 20.3 Å². The summed E-state index contributed by atoms with van der Waals surface area (Å²) in [6, 6.07) is 5.93. The van der Waals surface area contributed by atoms with Gasteiger partial charge in [0.05, 0.1) is 17.5 Å². The predicted octanol–water partition coefficient (Wildman–Crippen LogP) is 2.61. The third-order valence-corrected chi connectivity index (χ3v) is 5.08. The Hall–Kier alpha value is -1.90. The lowest BCUT2D eigenvalue weighted by atomic mass is 9.85. The van der Waals surface area contributed by atoms with Gasteiger partial charge in [0.2, 0.25) is 11.8 Å². The first kappa shape index (κ1) is 11.9. The molecule has 2 fully saturated rings. The summed E-state index contributed by atoms with van der Waals surface area (Å²) in [4.78, 5) is 26.9. The van der Waals surface area contributed by atoms with Crippen LogP contribution in [0.25, 0.3) is 0 Å². The molecule has 0 spiro atoms. The van der Waals surface area contributed by atoms with E-state index in [0.29, 0.717) is 0 Å². The van der Waals surface area contributed by atoms with E-state index in [1.807, 2.05) is 32.0 Å². The summed E-state index contributed by atoms with van der Waals surface area (Å²) in [5.41, 5.74) is 2.83. The highest BCUT2D eigenvalue weighted by atomic mass is 16.2. The highest BCUT2D eigenvalue weighted by Gasteiger charge is 2.59. The van der Waals surface area contributed by atoms with E-state index in [9.17, 15) is 9.59 Å². The van der Waals surface area contributed by atoms with Crippen molar-refractivity contribution < 1.29 is 9.59 Å². The highest BCUT2D eigenvalue weighted by Crippen LogP contribution is 2.53. The summed E-state index contributed by atoms with van der Waals surface area (Å²) in [5.74, 6) is 0.332. The topological polar surface area (TPSA) is 37.4 Å². The molecule has 2 bridgehead atoms. The Morgan fingerprint density at radius 3 is 2.20 bits per heavy atom. The minimum absolute atomic E-state index is 0.00514. The fourth-order valence-corrected chi connectivity index (χ4v) is 4.10. The average Bonchev–Trinajstić information content (AvgIpc) is 3.08. The van der Waals surface area contributed by atoms with Gasteiger partial charge < -0.3 is 0 Å². The summed E-state index contributed by atoms with van der Waals surface area (Å²) < 4.78 is 0. The van der Waals surface area contributed by atoms with Crippen molar-refractivity contribution in [1.82, 2.24) is 0 Å². The van der Waals surface area contributed by atoms with Crippen LogP contribution >= 0.6 is 0 Å². The highest BCUT2D eigenvalue weighted by molar-refractivity contribution is 6.23. The van der Waals surface area contributed by atoms with E-state index in [1.54, 1.807) is 0 Å². The van der Waals surface area contributed by atoms with Gasteiger partial charge in [0, 0.05) is 0 Å². The quantitative estimate of drug-likeness (QED) is 0.579. The fourth-order valence-electron chi connectivity index (χ4n) is 4.10. The van der Waals surface area contributed by atoms with Gasteiger partial charge in [-0.3, -0.25) is 9.59 Å². The number of allylic oxidation sites excluding steroid dienone is 2. The van der Waals surface area contributed by atoms with Crippen LogP contribution in [0.4, 0.5) is 5.69 Å². The van der Waals surface area contributed by atoms with Crippen LogP contribution in [0, 0.1) is 37.5 Å². The van der Waals surface area contributed by atoms with Gasteiger partial charge in [-0.25, -0.2) is 4.90 Å². The molecule has 0 aromatic heterocycles. The maximum absolute atomic E-state index is 12.7. The molecule has 3 nitrogen and oxygen atoms in total. The van der Waals surface area contributed by atoms with E-state index in [2.05, 4.69) is 12.2 Å². The van der Waals surface area contributed by atoms with Gasteiger partial charge in [-0.2, -0.15) is 0 Å². The zero-order chi connectivity index (χ0) is 14.0. The van der Waals surface area contributed by atoms with Crippen LogP contribution in [0.5, 0.6) is 0 Å². The second kappa shape index (κ2) is 3.81. The van der Waals surface area contributed by atoms with E-state index < -0.39 is 0 Å². The molecule has 0 radical (unpaired) electrons. The number of hydrogen-bond donors (Lipinski definition) is 0. The van der Waals surface area contributed by atoms with Gasteiger partial charge in [0.1, 0.15) is 0 Å². The van der Waals surface area contributed by atoms with Crippen LogP contribution in [0.2, 0.25) is 0 Å². The maximum Gasteiger partial charge on any atom is 0.238 e. The molecule has 1 saturated carbocycles. The first-order valence-electron chi connectivity index (χ1n) is 7.21. The summed E-state index contributed by atoms with van der Waals surface area (Å²) in [6.45, 7) is 3.94. The van der Waals surface area contributed by atoms with Gasteiger partial charge in [0.15, 0.2) is 0 Å². The summed E-state index contributed by atoms with van der Waals surface area (Å²) in [6.07, 6.45) is 5.24. The lowest BCUT2D eigenvalue weighted by Gasteiger charge is -2.19. The van der Waals surface area contributed by atoms with Crippen molar-refractivity contribution in [3.63, 3.8) is 0 Å². The Morgan fingerprint density at radius 2 is 1.60 bits per heavy atom. The molecule has 20 heavy (non-hydrogen) atoms. The standard InChI is InChI=1S/C17H17NO2/c1-9-3-4-10(2)13(7-9)18-16(19)14-11-5-6-12(8-11)15(14)17(18)20/h3-7,11-12,14-15H,8H2,1-2H3/t11-,12-,14-,15+/m1/s1. The first-order chi connectivity index (χ1) is 9.58. The Morgan fingerprint density at radius 1 is 1.00 bits per heavy atom. The molecule has 1 heterocycles. The van der Waals surface area contributed by atoms with Gasteiger partial charge in [0.25, 0.3) is 0 Å². The Bertz CT molecular complexity index is 631. The number of amides is 2. The normalized spacial score (nSPS) is 34.2. The molecule has 3 aliphatic rings. The molecule has 2 amide bonds. The molecular weight excluding hydrogens is 250 g/mol. The Labute approximate surface area is 118 Å². The SMILES string of the molecule is Cc1ccc(C)c(N2C(=O)[C@@H]3[C@H](C2=O)[C@@H]2C=C[C@@H]3C2)c1. The largest absolute Gasteiger partial charge is 0.274 e. The molecule has 1 aromatic rings. The van der Waals surface area contributed by atoms with Gasteiger partial charge in [-0.15, -0.1) is 0 Å². The fraction of sp³-hybridized carbons (Fsp3) is 0.412. The number of hydrogen-bond acceptors (Lipinski definition) is 2. The molecule has 102 valence electrons. The first-order valence-corrected chi connectivity index (χ1v) is 7.21. The number of rotatable bonds is 1. The molecule has 0 unspecified atom stereocenters. The van der Waals surface area contributed by atoms with Crippen LogP contribution in [-0.4, -0.2) is 11.8 Å². The van der Waals surface area contributed by atoms with Crippen LogP contribution in [-0.2, 0) is 9.59 Å².